The zero-order chi connectivity index (χ0) is 21.9. The molecule has 1 aliphatic rings. The molecular weight excluding hydrogens is 436 g/mol. The van der Waals surface area contributed by atoms with Gasteiger partial charge in [-0.05, 0) is 43.3 Å². The summed E-state index contributed by atoms with van der Waals surface area (Å²) in [6.45, 7) is 2.30. The first-order chi connectivity index (χ1) is 14.8. The van der Waals surface area contributed by atoms with E-state index in [0.29, 0.717) is 29.6 Å². The van der Waals surface area contributed by atoms with Gasteiger partial charge in [-0.3, -0.25) is 4.57 Å². The highest BCUT2D eigenvalue weighted by Gasteiger charge is 2.36. The third-order valence-corrected chi connectivity index (χ3v) is 5.59. The maximum absolute atomic E-state index is 13.3. The first-order valence-electron chi connectivity index (χ1n) is 9.26. The van der Waals surface area contributed by atoms with Gasteiger partial charge in [0, 0.05) is 17.7 Å². The van der Waals surface area contributed by atoms with Crippen molar-refractivity contribution in [3.63, 3.8) is 0 Å². The number of rotatable bonds is 2. The Hall–Kier alpha value is -3.27. The summed E-state index contributed by atoms with van der Waals surface area (Å²) in [6.07, 6.45) is -4.59. The van der Waals surface area contributed by atoms with E-state index in [1.165, 1.54) is 24.3 Å². The maximum atomic E-state index is 13.3. The Labute approximate surface area is 178 Å². The van der Waals surface area contributed by atoms with E-state index in [4.69, 9.17) is 11.6 Å². The van der Waals surface area contributed by atoms with Gasteiger partial charge in [-0.25, -0.2) is 4.39 Å². The van der Waals surface area contributed by atoms with Crippen LogP contribution in [0, 0.1) is 5.82 Å². The van der Waals surface area contributed by atoms with Crippen molar-refractivity contribution in [1.29, 1.82) is 0 Å². The van der Waals surface area contributed by atoms with E-state index in [0.717, 1.165) is 6.07 Å². The van der Waals surface area contributed by atoms with E-state index in [1.807, 2.05) is 11.5 Å². The lowest BCUT2D eigenvalue weighted by atomic mass is 10.1. The summed E-state index contributed by atoms with van der Waals surface area (Å²) in [6, 6.07) is 9.33. The second kappa shape index (κ2) is 6.88. The average molecular weight is 449 g/mol. The van der Waals surface area contributed by atoms with Crippen LogP contribution in [0.2, 0.25) is 5.02 Å². The van der Waals surface area contributed by atoms with Gasteiger partial charge in [-0.2, -0.15) is 13.2 Å². The second-order valence-corrected chi connectivity index (χ2v) is 7.57. The summed E-state index contributed by atoms with van der Waals surface area (Å²) in [5.41, 5.74) is -0.121. The van der Waals surface area contributed by atoms with Gasteiger partial charge in [-0.15, -0.1) is 20.4 Å². The summed E-state index contributed by atoms with van der Waals surface area (Å²) in [7, 11) is 0. The molecule has 0 aliphatic carbocycles. The minimum atomic E-state index is -4.59. The zero-order valence-electron chi connectivity index (χ0n) is 15.9. The van der Waals surface area contributed by atoms with Gasteiger partial charge in [0.25, 0.3) is 0 Å². The van der Waals surface area contributed by atoms with Gasteiger partial charge in [0.1, 0.15) is 5.82 Å². The second-order valence-electron chi connectivity index (χ2n) is 7.20. The highest BCUT2D eigenvalue weighted by molar-refractivity contribution is 6.34. The molecule has 6 nitrogen and oxygen atoms in total. The molecule has 0 unspecified atom stereocenters. The molecule has 0 amide bonds. The van der Waals surface area contributed by atoms with Gasteiger partial charge < -0.3 is 4.57 Å². The van der Waals surface area contributed by atoms with Crippen LogP contribution >= 0.6 is 11.6 Å². The maximum Gasteiger partial charge on any atom is 0.417 e. The quantitative estimate of drug-likeness (QED) is 0.393. The van der Waals surface area contributed by atoms with Crippen molar-refractivity contribution in [3.8, 4) is 34.4 Å². The third kappa shape index (κ3) is 3.09. The SMILES string of the molecule is C[C@H]1Cn2c(-c3ccc(F)cc3)nnc2-c2nnc(-c3cccc(C(F)(F)F)c3Cl)n21. The monoisotopic (exact) mass is 448 g/mol. The lowest BCUT2D eigenvalue weighted by Crippen LogP contribution is -2.22. The van der Waals surface area contributed by atoms with Crippen LogP contribution < -0.4 is 0 Å². The minimum Gasteiger partial charge on any atom is -0.302 e. The molecule has 0 N–H and O–H groups in total. The van der Waals surface area contributed by atoms with Gasteiger partial charge in [0.05, 0.1) is 16.6 Å². The largest absolute Gasteiger partial charge is 0.417 e. The van der Waals surface area contributed by atoms with E-state index >= 15 is 0 Å². The number of hydrogen-bond acceptors (Lipinski definition) is 4. The van der Waals surface area contributed by atoms with Crippen molar-refractivity contribution in [2.24, 2.45) is 0 Å². The molecule has 2 aromatic heterocycles. The number of benzene rings is 2. The first-order valence-corrected chi connectivity index (χ1v) is 9.64. The van der Waals surface area contributed by atoms with Crippen molar-refractivity contribution < 1.29 is 17.6 Å². The molecule has 0 fully saturated rings. The summed E-state index contributed by atoms with van der Waals surface area (Å²) in [4.78, 5) is 0. The number of hydrogen-bond donors (Lipinski definition) is 0. The number of alkyl halides is 3. The van der Waals surface area contributed by atoms with Gasteiger partial charge >= 0.3 is 6.18 Å². The van der Waals surface area contributed by atoms with E-state index in [1.54, 1.807) is 16.7 Å². The molecule has 3 heterocycles. The van der Waals surface area contributed by atoms with Gasteiger partial charge in [0.15, 0.2) is 11.6 Å². The highest BCUT2D eigenvalue weighted by atomic mass is 35.5. The normalized spacial score (nSPS) is 15.6. The van der Waals surface area contributed by atoms with Crippen LogP contribution in [0.4, 0.5) is 17.6 Å². The number of fused-ring (bicyclic) bond motifs is 3. The molecule has 1 aliphatic heterocycles. The van der Waals surface area contributed by atoms with E-state index < -0.39 is 16.8 Å². The van der Waals surface area contributed by atoms with Crippen molar-refractivity contribution in [2.75, 3.05) is 0 Å². The summed E-state index contributed by atoms with van der Waals surface area (Å²) in [5, 5.41) is 16.3. The lowest BCUT2D eigenvalue weighted by molar-refractivity contribution is -0.137. The Morgan fingerprint density at radius 1 is 0.903 bits per heavy atom. The fraction of sp³-hybridized carbons (Fsp3) is 0.200. The number of aromatic nitrogens is 6. The summed E-state index contributed by atoms with van der Waals surface area (Å²) >= 11 is 6.11. The predicted molar refractivity (Wildman–Crippen MR) is 105 cm³/mol. The van der Waals surface area contributed by atoms with Crippen LogP contribution in [-0.4, -0.2) is 29.5 Å². The zero-order valence-corrected chi connectivity index (χ0v) is 16.7. The Morgan fingerprint density at radius 2 is 1.55 bits per heavy atom. The summed E-state index contributed by atoms with van der Waals surface area (Å²) < 4.78 is 56.7. The highest BCUT2D eigenvalue weighted by Crippen LogP contribution is 2.41. The van der Waals surface area contributed by atoms with Crippen molar-refractivity contribution in [1.82, 2.24) is 29.5 Å². The molecule has 11 heteroatoms. The molecule has 0 radical (unpaired) electrons. The molecule has 2 aromatic carbocycles. The van der Waals surface area contributed by atoms with E-state index in [-0.39, 0.29) is 23.2 Å². The summed E-state index contributed by atoms with van der Waals surface area (Å²) in [5.74, 6) is 1.17. The van der Waals surface area contributed by atoms with Crippen molar-refractivity contribution in [2.45, 2.75) is 25.7 Å². The van der Waals surface area contributed by atoms with Crippen LogP contribution in [0.25, 0.3) is 34.4 Å². The minimum absolute atomic E-state index is 0.133. The van der Waals surface area contributed by atoms with Crippen LogP contribution in [0.5, 0.6) is 0 Å². The number of nitrogens with zero attached hydrogens (tertiary/aromatic N) is 6. The first kappa shape index (κ1) is 19.7. The third-order valence-electron chi connectivity index (χ3n) is 5.18. The van der Waals surface area contributed by atoms with Gasteiger partial charge in [-0.1, -0.05) is 17.7 Å². The molecule has 0 spiro atoms. The standard InChI is InChI=1S/C20H13ClF4N6/c1-10-9-30-16(11-5-7-12(22)8-6-11)26-28-18(30)19-29-27-17(31(10)19)13-3-2-4-14(15(13)21)20(23,24)25/h2-8,10H,9H2,1H3/t10-/m0/s1. The Morgan fingerprint density at radius 3 is 2.26 bits per heavy atom. The predicted octanol–water partition coefficient (Wildman–Crippen LogP) is 5.26. The number of halogens is 5. The van der Waals surface area contributed by atoms with Crippen LogP contribution in [0.1, 0.15) is 18.5 Å². The molecule has 0 saturated carbocycles. The van der Waals surface area contributed by atoms with Crippen LogP contribution in [0.3, 0.4) is 0 Å². The Kier molecular flexibility index (Phi) is 4.37. The smallest absolute Gasteiger partial charge is 0.302 e. The Bertz CT molecular complexity index is 1290. The molecular formula is C20H13ClF4N6. The molecule has 0 bridgehead atoms. The van der Waals surface area contributed by atoms with Gasteiger partial charge in [0.2, 0.25) is 11.6 Å². The molecule has 4 aromatic rings. The molecule has 31 heavy (non-hydrogen) atoms. The Balaban J connectivity index is 1.64. The fourth-order valence-electron chi connectivity index (χ4n) is 3.77. The molecule has 1 atom stereocenters. The van der Waals surface area contributed by atoms with Crippen molar-refractivity contribution >= 4 is 11.6 Å². The lowest BCUT2D eigenvalue weighted by Gasteiger charge is -2.25. The van der Waals surface area contributed by atoms with Crippen LogP contribution in [0.15, 0.2) is 42.5 Å². The molecule has 0 saturated heterocycles. The molecule has 5 rings (SSSR count). The van der Waals surface area contributed by atoms with E-state index in [9.17, 15) is 17.6 Å². The fourth-order valence-corrected chi connectivity index (χ4v) is 4.09. The topological polar surface area (TPSA) is 61.4 Å². The van der Waals surface area contributed by atoms with Crippen LogP contribution in [-0.2, 0) is 12.7 Å². The van der Waals surface area contributed by atoms with Crippen molar-refractivity contribution in [3.05, 3.63) is 58.9 Å². The molecule has 158 valence electrons. The average Bonchev–Trinajstić information content (AvgIpc) is 3.33. The van der Waals surface area contributed by atoms with E-state index in [2.05, 4.69) is 20.4 Å².